The molecular weight excluding hydrogens is 556 g/mol. The van der Waals surface area contributed by atoms with E-state index in [0.29, 0.717) is 26.8 Å². The van der Waals surface area contributed by atoms with Gasteiger partial charge in [-0.3, -0.25) is 4.79 Å². The first-order valence-corrected chi connectivity index (χ1v) is 13.4. The molecule has 1 saturated heterocycles. The van der Waals surface area contributed by atoms with Crippen molar-refractivity contribution in [3.05, 3.63) is 89.0 Å². The van der Waals surface area contributed by atoms with Crippen LogP contribution in [0.2, 0.25) is 0 Å². The number of hydrogen-bond donors (Lipinski definition) is 3. The summed E-state index contributed by atoms with van der Waals surface area (Å²) in [5, 5.41) is 5.25. The molecule has 9 nitrogen and oxygen atoms in total. The lowest BCUT2D eigenvalue weighted by atomic mass is 10.1. The van der Waals surface area contributed by atoms with Crippen LogP contribution in [0.4, 0.5) is 33.7 Å². The quantitative estimate of drug-likeness (QED) is 0.219. The number of anilines is 2. The fourth-order valence-electron chi connectivity index (χ4n) is 4.04. The van der Waals surface area contributed by atoms with Crippen LogP contribution < -0.4 is 16.4 Å². The summed E-state index contributed by atoms with van der Waals surface area (Å²) in [5.41, 5.74) is 7.77. The van der Waals surface area contributed by atoms with Gasteiger partial charge in [0.1, 0.15) is 6.10 Å². The van der Waals surface area contributed by atoms with Crippen LogP contribution in [0.1, 0.15) is 28.8 Å². The lowest BCUT2D eigenvalue weighted by Crippen LogP contribution is -2.43. The third-order valence-corrected chi connectivity index (χ3v) is 8.13. The standard InChI is InChI=1S/C26H24F4N4O5S/c27-18-13-19(28)23(30)24(22(18)29)40(37,38)34-11-9-17(10-12-34)39-26(36)32-14-15-5-7-16(8-6-15)25(35)33-21-4-2-1-3-20(21)31/h1-8,13,17H,9-12,14,31H2,(H,32,36)(H,33,35). The number of hydrogen-bond acceptors (Lipinski definition) is 6. The average molecular weight is 581 g/mol. The highest BCUT2D eigenvalue weighted by Gasteiger charge is 2.37. The number of sulfonamides is 1. The Kier molecular flexibility index (Phi) is 8.59. The Labute approximate surface area is 227 Å². The molecule has 0 radical (unpaired) electrons. The summed E-state index contributed by atoms with van der Waals surface area (Å²) >= 11 is 0. The van der Waals surface area contributed by atoms with Crippen molar-refractivity contribution in [3.8, 4) is 0 Å². The first-order valence-electron chi connectivity index (χ1n) is 12.0. The van der Waals surface area contributed by atoms with E-state index < -0.39 is 50.4 Å². The molecule has 1 aliphatic rings. The minimum atomic E-state index is -4.88. The zero-order valence-corrected chi connectivity index (χ0v) is 21.6. The second kappa shape index (κ2) is 11.9. The minimum Gasteiger partial charge on any atom is -0.446 e. The van der Waals surface area contributed by atoms with Gasteiger partial charge in [0.2, 0.25) is 10.0 Å². The number of halogens is 4. The van der Waals surface area contributed by atoms with Crippen molar-refractivity contribution >= 4 is 33.4 Å². The highest BCUT2D eigenvalue weighted by atomic mass is 32.2. The van der Waals surface area contributed by atoms with Gasteiger partial charge in [0.05, 0.1) is 11.4 Å². The first kappa shape index (κ1) is 28.8. The van der Waals surface area contributed by atoms with Gasteiger partial charge < -0.3 is 21.1 Å². The number of nitrogens with zero attached hydrogens (tertiary/aromatic N) is 1. The number of carbonyl (C=O) groups excluding carboxylic acids is 2. The van der Waals surface area contributed by atoms with Crippen molar-refractivity contribution in [3.63, 3.8) is 0 Å². The maximum Gasteiger partial charge on any atom is 0.407 e. The van der Waals surface area contributed by atoms with E-state index in [1.54, 1.807) is 48.5 Å². The molecule has 0 spiro atoms. The number of para-hydroxylation sites is 2. The maximum absolute atomic E-state index is 14.0. The van der Waals surface area contributed by atoms with Gasteiger partial charge in [0.15, 0.2) is 28.2 Å². The molecule has 3 aromatic rings. The molecule has 40 heavy (non-hydrogen) atoms. The fraction of sp³-hybridized carbons (Fsp3) is 0.231. The van der Waals surface area contributed by atoms with Gasteiger partial charge >= 0.3 is 6.09 Å². The van der Waals surface area contributed by atoms with Crippen molar-refractivity contribution in [1.82, 2.24) is 9.62 Å². The smallest absolute Gasteiger partial charge is 0.407 e. The van der Waals surface area contributed by atoms with Crippen LogP contribution in [0.5, 0.6) is 0 Å². The predicted octanol–water partition coefficient (Wildman–Crippen LogP) is 4.16. The van der Waals surface area contributed by atoms with Gasteiger partial charge in [-0.25, -0.2) is 30.8 Å². The molecule has 0 saturated carbocycles. The van der Waals surface area contributed by atoms with Gasteiger partial charge in [0, 0.05) is 31.3 Å². The van der Waals surface area contributed by atoms with Crippen LogP contribution in [0.25, 0.3) is 0 Å². The topological polar surface area (TPSA) is 131 Å². The van der Waals surface area contributed by atoms with Gasteiger partial charge in [-0.2, -0.15) is 4.31 Å². The number of ether oxygens (including phenoxy) is 1. The van der Waals surface area contributed by atoms with Crippen molar-refractivity contribution in [1.29, 1.82) is 0 Å². The van der Waals surface area contributed by atoms with Crippen molar-refractivity contribution in [2.75, 3.05) is 24.1 Å². The van der Waals surface area contributed by atoms with Crippen molar-refractivity contribution < 1.29 is 40.3 Å². The molecule has 3 aromatic carbocycles. The molecule has 4 N–H and O–H groups in total. The number of alkyl carbamates (subject to hydrolysis) is 1. The normalized spacial score (nSPS) is 14.5. The van der Waals surface area contributed by atoms with Crippen LogP contribution in [-0.4, -0.2) is 43.9 Å². The van der Waals surface area contributed by atoms with E-state index in [9.17, 15) is 35.6 Å². The monoisotopic (exact) mass is 580 g/mol. The minimum absolute atomic E-state index is 0.0105. The molecule has 1 heterocycles. The van der Waals surface area contributed by atoms with Gasteiger partial charge in [0.25, 0.3) is 5.91 Å². The van der Waals surface area contributed by atoms with E-state index in [4.69, 9.17) is 10.5 Å². The number of nitrogens with one attached hydrogen (secondary N) is 2. The highest BCUT2D eigenvalue weighted by molar-refractivity contribution is 7.89. The fourth-order valence-corrected chi connectivity index (χ4v) is 5.64. The van der Waals surface area contributed by atoms with Crippen LogP contribution >= 0.6 is 0 Å². The zero-order valence-electron chi connectivity index (χ0n) is 20.8. The lowest BCUT2D eigenvalue weighted by Gasteiger charge is -2.31. The second-order valence-corrected chi connectivity index (χ2v) is 10.8. The summed E-state index contributed by atoms with van der Waals surface area (Å²) in [7, 11) is -4.88. The number of nitrogen functional groups attached to an aromatic ring is 1. The Morgan fingerprint density at radius 3 is 2.15 bits per heavy atom. The molecule has 1 fully saturated rings. The summed E-state index contributed by atoms with van der Waals surface area (Å²) in [6, 6.07) is 13.2. The van der Waals surface area contributed by atoms with E-state index in [1.807, 2.05) is 0 Å². The number of carbonyl (C=O) groups is 2. The summed E-state index contributed by atoms with van der Waals surface area (Å²) in [6.07, 6.45) is -1.51. The van der Waals surface area contributed by atoms with E-state index in [1.165, 1.54) is 0 Å². The molecular formula is C26H24F4N4O5S. The summed E-state index contributed by atoms with van der Waals surface area (Å²) in [5.74, 6) is -8.04. The molecule has 0 aliphatic carbocycles. The number of rotatable bonds is 7. The van der Waals surface area contributed by atoms with Crippen LogP contribution in [0.3, 0.4) is 0 Å². The van der Waals surface area contributed by atoms with Crippen molar-refractivity contribution in [2.45, 2.75) is 30.4 Å². The second-order valence-electron chi connectivity index (χ2n) is 8.90. The number of piperidine rings is 1. The van der Waals surface area contributed by atoms with Gasteiger partial charge in [-0.1, -0.05) is 24.3 Å². The van der Waals surface area contributed by atoms with E-state index >= 15 is 0 Å². The molecule has 0 bridgehead atoms. The molecule has 0 unspecified atom stereocenters. The lowest BCUT2D eigenvalue weighted by molar-refractivity contribution is 0.0668. The Morgan fingerprint density at radius 2 is 1.55 bits per heavy atom. The summed E-state index contributed by atoms with van der Waals surface area (Å²) in [6.45, 7) is -0.520. The van der Waals surface area contributed by atoms with Crippen LogP contribution in [-0.2, 0) is 21.3 Å². The molecule has 14 heteroatoms. The predicted molar refractivity (Wildman–Crippen MR) is 137 cm³/mol. The molecule has 1 aliphatic heterocycles. The Morgan fingerprint density at radius 1 is 0.950 bits per heavy atom. The summed E-state index contributed by atoms with van der Waals surface area (Å²) < 4.78 is 86.4. The maximum atomic E-state index is 14.0. The van der Waals surface area contributed by atoms with Crippen LogP contribution in [0, 0.1) is 23.3 Å². The molecule has 2 amide bonds. The Bertz CT molecular complexity index is 1500. The van der Waals surface area contributed by atoms with Gasteiger partial charge in [-0.15, -0.1) is 0 Å². The van der Waals surface area contributed by atoms with Crippen molar-refractivity contribution in [2.24, 2.45) is 0 Å². The average Bonchev–Trinajstić information content (AvgIpc) is 2.92. The number of nitrogens with two attached hydrogens (primary N) is 1. The van der Waals surface area contributed by atoms with Crippen LogP contribution in [0.15, 0.2) is 59.5 Å². The molecule has 4 rings (SSSR count). The molecule has 0 atom stereocenters. The Hall–Kier alpha value is -4.17. The first-order chi connectivity index (χ1) is 19.0. The number of amides is 2. The van der Waals surface area contributed by atoms with E-state index in [0.717, 1.165) is 0 Å². The highest BCUT2D eigenvalue weighted by Crippen LogP contribution is 2.29. The third-order valence-electron chi connectivity index (χ3n) is 6.21. The SMILES string of the molecule is Nc1ccccc1NC(=O)c1ccc(CNC(=O)OC2CCN(S(=O)(=O)c3c(F)c(F)cc(F)c3F)CC2)cc1. The van der Waals surface area contributed by atoms with Gasteiger partial charge in [-0.05, 0) is 42.7 Å². The Balaban J connectivity index is 1.26. The largest absolute Gasteiger partial charge is 0.446 e. The summed E-state index contributed by atoms with van der Waals surface area (Å²) in [4.78, 5) is 23.0. The number of benzene rings is 3. The van der Waals surface area contributed by atoms with E-state index in [-0.39, 0.29) is 44.4 Å². The zero-order chi connectivity index (χ0) is 29.0. The third kappa shape index (κ3) is 6.34. The molecule has 212 valence electrons. The van der Waals surface area contributed by atoms with E-state index in [2.05, 4.69) is 10.6 Å². The molecule has 0 aromatic heterocycles.